The maximum Gasteiger partial charge on any atom is 0.244 e. The summed E-state index contributed by atoms with van der Waals surface area (Å²) in [6.45, 7) is -0.340. The van der Waals surface area contributed by atoms with E-state index in [4.69, 9.17) is 9.47 Å². The van der Waals surface area contributed by atoms with Crippen molar-refractivity contribution in [3.63, 3.8) is 0 Å². The Hall–Kier alpha value is -2.40. The molecular formula is C20H21NO6S3. The molecule has 0 spiro atoms. The predicted molar refractivity (Wildman–Crippen MR) is 115 cm³/mol. The van der Waals surface area contributed by atoms with Gasteiger partial charge in [-0.1, -0.05) is 36.4 Å². The van der Waals surface area contributed by atoms with Crippen molar-refractivity contribution in [2.24, 2.45) is 0 Å². The van der Waals surface area contributed by atoms with E-state index in [9.17, 15) is 16.8 Å². The Labute approximate surface area is 180 Å². The lowest BCUT2D eigenvalue weighted by molar-refractivity contribution is 0.392. The number of benzene rings is 2. The highest BCUT2D eigenvalue weighted by atomic mass is 32.2. The van der Waals surface area contributed by atoms with Gasteiger partial charge in [0.15, 0.2) is 9.84 Å². The summed E-state index contributed by atoms with van der Waals surface area (Å²) in [6, 6.07) is 16.1. The van der Waals surface area contributed by atoms with Gasteiger partial charge in [0.05, 0.1) is 14.2 Å². The highest BCUT2D eigenvalue weighted by Crippen LogP contribution is 2.32. The predicted octanol–water partition coefficient (Wildman–Crippen LogP) is 3.26. The van der Waals surface area contributed by atoms with Gasteiger partial charge in [-0.3, -0.25) is 0 Å². The molecule has 0 amide bonds. The summed E-state index contributed by atoms with van der Waals surface area (Å²) in [5, 5.41) is 0.573. The van der Waals surface area contributed by atoms with Gasteiger partial charge in [-0.15, -0.1) is 11.3 Å². The molecule has 0 radical (unpaired) electrons. The highest BCUT2D eigenvalue weighted by molar-refractivity contribution is 7.93. The van der Waals surface area contributed by atoms with E-state index in [0.717, 1.165) is 11.3 Å². The van der Waals surface area contributed by atoms with Crippen LogP contribution in [0.25, 0.3) is 0 Å². The molecule has 0 aliphatic rings. The molecular weight excluding hydrogens is 446 g/mol. The fourth-order valence-electron chi connectivity index (χ4n) is 2.90. The van der Waals surface area contributed by atoms with Crippen molar-refractivity contribution >= 4 is 31.2 Å². The average Bonchev–Trinajstić information content (AvgIpc) is 3.30. The molecule has 1 atom stereocenters. The summed E-state index contributed by atoms with van der Waals surface area (Å²) in [4.78, 5) is -0.135. The SMILES string of the molecule is COc1ccc(OC)c(S(=O)(=O)NC[C@@H](c2ccccc2)S(=O)(=O)c2cccs2)c1. The molecule has 0 fully saturated rings. The third kappa shape index (κ3) is 4.67. The smallest absolute Gasteiger partial charge is 0.244 e. The molecule has 0 bridgehead atoms. The van der Waals surface area contributed by atoms with Crippen LogP contribution >= 0.6 is 11.3 Å². The maximum atomic E-state index is 13.2. The number of sulfonamides is 1. The second-order valence-corrected chi connectivity index (χ2v) is 11.3. The first-order chi connectivity index (χ1) is 14.3. The minimum atomic E-state index is -4.08. The molecule has 3 aromatic rings. The number of hydrogen-bond acceptors (Lipinski definition) is 7. The number of rotatable bonds is 9. The van der Waals surface area contributed by atoms with E-state index in [1.807, 2.05) is 0 Å². The number of methoxy groups -OCH3 is 2. The Bertz CT molecular complexity index is 1190. The minimum Gasteiger partial charge on any atom is -0.497 e. The van der Waals surface area contributed by atoms with E-state index < -0.39 is 25.1 Å². The third-order valence-electron chi connectivity index (χ3n) is 4.44. The average molecular weight is 468 g/mol. The Kier molecular flexibility index (Phi) is 6.81. The number of nitrogens with one attached hydrogen (secondary N) is 1. The highest BCUT2D eigenvalue weighted by Gasteiger charge is 2.32. The molecule has 10 heteroatoms. The number of hydrogen-bond donors (Lipinski definition) is 1. The first kappa shape index (κ1) is 22.3. The van der Waals surface area contributed by atoms with Crippen molar-refractivity contribution in [1.82, 2.24) is 4.72 Å². The Morgan fingerprint density at radius 2 is 1.67 bits per heavy atom. The van der Waals surface area contributed by atoms with E-state index in [1.54, 1.807) is 47.8 Å². The fourth-order valence-corrected chi connectivity index (χ4v) is 7.10. The van der Waals surface area contributed by atoms with Gasteiger partial charge in [0, 0.05) is 12.6 Å². The zero-order valence-corrected chi connectivity index (χ0v) is 18.8. The van der Waals surface area contributed by atoms with Gasteiger partial charge in [-0.05, 0) is 29.1 Å². The van der Waals surface area contributed by atoms with Crippen LogP contribution in [-0.4, -0.2) is 37.6 Å². The van der Waals surface area contributed by atoms with Crippen molar-refractivity contribution in [3.05, 3.63) is 71.6 Å². The van der Waals surface area contributed by atoms with Crippen molar-refractivity contribution in [2.45, 2.75) is 14.4 Å². The first-order valence-corrected chi connectivity index (χ1v) is 12.7. The van der Waals surface area contributed by atoms with Gasteiger partial charge < -0.3 is 9.47 Å². The Morgan fingerprint density at radius 1 is 0.933 bits per heavy atom. The standard InChI is InChI=1S/C20H21NO6S3/c1-26-16-10-11-17(27-2)18(13-16)30(24,25)21-14-19(15-7-4-3-5-8-15)29(22,23)20-9-6-12-28-20/h3-13,19,21H,14H2,1-2H3/t19-/m0/s1. The van der Waals surface area contributed by atoms with Crippen molar-refractivity contribution < 1.29 is 26.3 Å². The monoisotopic (exact) mass is 467 g/mol. The Balaban J connectivity index is 1.97. The van der Waals surface area contributed by atoms with Crippen LogP contribution in [-0.2, 0) is 19.9 Å². The number of ether oxygens (including phenoxy) is 2. The van der Waals surface area contributed by atoms with Gasteiger partial charge >= 0.3 is 0 Å². The molecule has 3 rings (SSSR count). The summed E-state index contributed by atoms with van der Waals surface area (Å²) >= 11 is 1.09. The molecule has 7 nitrogen and oxygen atoms in total. The summed E-state index contributed by atoms with van der Waals surface area (Å²) in [5.74, 6) is 0.461. The van der Waals surface area contributed by atoms with E-state index in [-0.39, 0.29) is 21.4 Å². The lowest BCUT2D eigenvalue weighted by Crippen LogP contribution is -2.32. The van der Waals surface area contributed by atoms with Crippen molar-refractivity contribution in [1.29, 1.82) is 0 Å². The molecule has 0 saturated carbocycles. The third-order valence-corrected chi connectivity index (χ3v) is 9.42. The van der Waals surface area contributed by atoms with Crippen LogP contribution in [0.15, 0.2) is 75.1 Å². The zero-order chi connectivity index (χ0) is 21.8. The zero-order valence-electron chi connectivity index (χ0n) is 16.3. The molecule has 0 saturated heterocycles. The van der Waals surface area contributed by atoms with Crippen LogP contribution in [0.4, 0.5) is 0 Å². The molecule has 1 aromatic heterocycles. The Morgan fingerprint density at radius 3 is 2.27 bits per heavy atom. The summed E-state index contributed by atoms with van der Waals surface area (Å²) in [7, 11) is -5.11. The van der Waals surface area contributed by atoms with E-state index in [0.29, 0.717) is 11.3 Å². The normalized spacial score (nSPS) is 13.0. The minimum absolute atomic E-state index is 0.126. The van der Waals surface area contributed by atoms with Gasteiger partial charge in [0.25, 0.3) is 0 Å². The van der Waals surface area contributed by atoms with Crippen LogP contribution in [0, 0.1) is 0 Å². The fraction of sp³-hybridized carbons (Fsp3) is 0.200. The molecule has 0 aliphatic carbocycles. The van der Waals surface area contributed by atoms with Crippen LogP contribution in [0.1, 0.15) is 10.8 Å². The molecule has 0 aliphatic heterocycles. The van der Waals surface area contributed by atoms with Crippen molar-refractivity contribution in [3.8, 4) is 11.5 Å². The van der Waals surface area contributed by atoms with Gasteiger partial charge in [-0.25, -0.2) is 21.6 Å². The van der Waals surface area contributed by atoms with Gasteiger partial charge in [-0.2, -0.15) is 0 Å². The second kappa shape index (κ2) is 9.17. The largest absolute Gasteiger partial charge is 0.497 e. The number of sulfone groups is 1. The van der Waals surface area contributed by atoms with Gasteiger partial charge in [0.2, 0.25) is 10.0 Å². The van der Waals surface area contributed by atoms with Gasteiger partial charge in [0.1, 0.15) is 25.9 Å². The van der Waals surface area contributed by atoms with E-state index >= 15 is 0 Å². The quantitative estimate of drug-likeness (QED) is 0.519. The molecule has 2 aromatic carbocycles. The molecule has 0 unspecified atom stereocenters. The van der Waals surface area contributed by atoms with Crippen LogP contribution in [0.2, 0.25) is 0 Å². The van der Waals surface area contributed by atoms with E-state index in [1.165, 1.54) is 32.4 Å². The summed E-state index contributed by atoms with van der Waals surface area (Å²) in [5.41, 5.74) is 0.492. The molecule has 1 N–H and O–H groups in total. The van der Waals surface area contributed by atoms with Crippen molar-refractivity contribution in [2.75, 3.05) is 20.8 Å². The second-order valence-electron chi connectivity index (χ2n) is 6.25. The number of thiophene rings is 1. The van der Waals surface area contributed by atoms with Crippen LogP contribution in [0.5, 0.6) is 11.5 Å². The van der Waals surface area contributed by atoms with Crippen LogP contribution in [0.3, 0.4) is 0 Å². The molecule has 30 heavy (non-hydrogen) atoms. The first-order valence-electron chi connectivity index (χ1n) is 8.83. The lowest BCUT2D eigenvalue weighted by Gasteiger charge is -2.19. The molecule has 1 heterocycles. The topological polar surface area (TPSA) is 98.8 Å². The lowest BCUT2D eigenvalue weighted by atomic mass is 10.1. The maximum absolute atomic E-state index is 13.2. The summed E-state index contributed by atoms with van der Waals surface area (Å²) in [6.07, 6.45) is 0. The molecule has 160 valence electrons. The summed E-state index contributed by atoms with van der Waals surface area (Å²) < 4.78 is 65.3. The van der Waals surface area contributed by atoms with E-state index in [2.05, 4.69) is 4.72 Å². The van der Waals surface area contributed by atoms with Crippen LogP contribution < -0.4 is 14.2 Å².